The van der Waals surface area contributed by atoms with Crippen molar-refractivity contribution in [3.05, 3.63) is 59.9 Å². The van der Waals surface area contributed by atoms with Crippen molar-refractivity contribution in [2.24, 2.45) is 11.8 Å². The third-order valence-electron chi connectivity index (χ3n) is 6.58. The second kappa shape index (κ2) is 9.54. The minimum Gasteiger partial charge on any atom is -0.494 e. The van der Waals surface area contributed by atoms with Crippen LogP contribution in [0.5, 0.6) is 5.75 Å². The Bertz CT molecular complexity index is 1090. The average Bonchev–Trinajstić information content (AvgIpc) is 3.30. The Hall–Kier alpha value is -3.26. The number of carbonyl (C=O) groups excluding carboxylic acids is 3. The first-order valence-electron chi connectivity index (χ1n) is 11.7. The van der Waals surface area contributed by atoms with E-state index in [2.05, 4.69) is 5.32 Å². The molecule has 0 radical (unpaired) electrons. The predicted molar refractivity (Wildman–Crippen MR) is 124 cm³/mol. The highest BCUT2D eigenvalue weighted by atomic mass is 19.1. The third-order valence-corrected chi connectivity index (χ3v) is 6.58. The van der Waals surface area contributed by atoms with E-state index in [9.17, 15) is 18.8 Å². The summed E-state index contributed by atoms with van der Waals surface area (Å²) in [6.45, 7) is 6.05. The summed E-state index contributed by atoms with van der Waals surface area (Å²) in [5.74, 6) is -3.42. The van der Waals surface area contributed by atoms with E-state index >= 15 is 0 Å². The van der Waals surface area contributed by atoms with Crippen LogP contribution < -0.4 is 15.0 Å². The van der Waals surface area contributed by atoms with Crippen molar-refractivity contribution in [2.75, 3.05) is 18.1 Å². The monoisotopic (exact) mass is 468 g/mol. The molecule has 4 rings (SSSR count). The van der Waals surface area contributed by atoms with E-state index in [1.54, 1.807) is 49.4 Å². The maximum Gasteiger partial charge on any atom is 0.327 e. The predicted octanol–water partition coefficient (Wildman–Crippen LogP) is 3.78. The standard InChI is InChI=1S/C26H29FN2O5/c1-4-15-26(25(32)34-6-3)21-20(22(28-26)18-9-7-8-10-19(18)27)23(30)29(24(21)31)16-11-13-17(14-12-16)33-5-2/h7-14,20-22,28H,4-6,15H2,1-3H3/t20-,21+,22-,26-/m0/s1. The molecule has 2 aromatic rings. The lowest BCUT2D eigenvalue weighted by Crippen LogP contribution is -2.56. The lowest BCUT2D eigenvalue weighted by atomic mass is 9.77. The number of esters is 1. The molecular formula is C26H29FN2O5. The van der Waals surface area contributed by atoms with Crippen LogP contribution in [0.2, 0.25) is 0 Å². The molecule has 0 saturated carbocycles. The van der Waals surface area contributed by atoms with Crippen LogP contribution in [0, 0.1) is 17.7 Å². The first kappa shape index (κ1) is 23.9. The van der Waals surface area contributed by atoms with Gasteiger partial charge in [-0.3, -0.25) is 19.7 Å². The summed E-state index contributed by atoms with van der Waals surface area (Å²) >= 11 is 0. The molecule has 8 heteroatoms. The van der Waals surface area contributed by atoms with Crippen molar-refractivity contribution < 1.29 is 28.2 Å². The highest BCUT2D eigenvalue weighted by Crippen LogP contribution is 2.52. The fourth-order valence-corrected chi connectivity index (χ4v) is 5.28. The summed E-state index contributed by atoms with van der Waals surface area (Å²) in [5.41, 5.74) is -0.807. The van der Waals surface area contributed by atoms with Gasteiger partial charge in [-0.2, -0.15) is 0 Å². The number of amides is 2. The number of fused-ring (bicyclic) bond motifs is 1. The summed E-state index contributed by atoms with van der Waals surface area (Å²) in [4.78, 5) is 41.9. The molecule has 2 aliphatic rings. The lowest BCUT2D eigenvalue weighted by molar-refractivity contribution is -0.155. The molecular weight excluding hydrogens is 439 g/mol. The number of nitrogens with zero attached hydrogens (tertiary/aromatic N) is 1. The Morgan fingerprint density at radius 1 is 1.03 bits per heavy atom. The number of hydrogen-bond donors (Lipinski definition) is 1. The molecule has 2 fully saturated rings. The van der Waals surface area contributed by atoms with Gasteiger partial charge in [0.05, 0.1) is 30.7 Å². The number of rotatable bonds is 8. The summed E-state index contributed by atoms with van der Waals surface area (Å²) in [5, 5.41) is 3.20. The van der Waals surface area contributed by atoms with Gasteiger partial charge in [-0.1, -0.05) is 31.5 Å². The summed E-state index contributed by atoms with van der Waals surface area (Å²) in [6.07, 6.45) is 0.831. The van der Waals surface area contributed by atoms with Crippen molar-refractivity contribution in [3.63, 3.8) is 0 Å². The van der Waals surface area contributed by atoms with Crippen LogP contribution in [-0.4, -0.2) is 36.5 Å². The van der Waals surface area contributed by atoms with Crippen LogP contribution in [0.15, 0.2) is 48.5 Å². The van der Waals surface area contributed by atoms with Crippen LogP contribution in [0.1, 0.15) is 45.2 Å². The number of hydrogen-bond acceptors (Lipinski definition) is 6. The van der Waals surface area contributed by atoms with Crippen LogP contribution in [0.3, 0.4) is 0 Å². The Labute approximate surface area is 198 Å². The normalized spacial score (nSPS) is 26.0. The molecule has 0 bridgehead atoms. The maximum absolute atomic E-state index is 14.9. The molecule has 7 nitrogen and oxygen atoms in total. The molecule has 2 aromatic carbocycles. The van der Waals surface area contributed by atoms with Crippen LogP contribution in [0.25, 0.3) is 0 Å². The quantitative estimate of drug-likeness (QED) is 0.469. The SMILES string of the molecule is CCC[C@]1(C(=O)OCC)N[C@@H](c2ccccc2F)[C@H]2C(=O)N(c3ccc(OCC)cc3)C(=O)[C@@H]21. The molecule has 0 aliphatic carbocycles. The fraction of sp³-hybridized carbons (Fsp3) is 0.423. The van der Waals surface area contributed by atoms with Gasteiger partial charge in [-0.05, 0) is 50.6 Å². The van der Waals surface area contributed by atoms with Crippen molar-refractivity contribution in [1.82, 2.24) is 5.32 Å². The van der Waals surface area contributed by atoms with Gasteiger partial charge >= 0.3 is 5.97 Å². The van der Waals surface area contributed by atoms with Gasteiger partial charge in [0.25, 0.3) is 0 Å². The fourth-order valence-electron chi connectivity index (χ4n) is 5.28. The Kier molecular flexibility index (Phi) is 6.70. The van der Waals surface area contributed by atoms with E-state index in [0.717, 1.165) is 4.90 Å². The molecule has 2 amide bonds. The molecule has 4 atom stereocenters. The molecule has 0 spiro atoms. The Balaban J connectivity index is 1.83. The second-order valence-electron chi connectivity index (χ2n) is 8.53. The van der Waals surface area contributed by atoms with E-state index in [1.807, 2.05) is 13.8 Å². The molecule has 0 unspecified atom stereocenters. The molecule has 34 heavy (non-hydrogen) atoms. The smallest absolute Gasteiger partial charge is 0.327 e. The highest BCUT2D eigenvalue weighted by Gasteiger charge is 2.68. The molecule has 0 aromatic heterocycles. The number of halogens is 1. The molecule has 2 aliphatic heterocycles. The van der Waals surface area contributed by atoms with Crippen molar-refractivity contribution in [3.8, 4) is 5.75 Å². The zero-order valence-corrected chi connectivity index (χ0v) is 19.5. The minimum atomic E-state index is -1.44. The number of imide groups is 1. The summed E-state index contributed by atoms with van der Waals surface area (Å²) < 4.78 is 25.7. The molecule has 1 N–H and O–H groups in total. The van der Waals surface area contributed by atoms with Gasteiger partial charge in [0.2, 0.25) is 11.8 Å². The van der Waals surface area contributed by atoms with E-state index in [-0.39, 0.29) is 18.6 Å². The topological polar surface area (TPSA) is 84.9 Å². The van der Waals surface area contributed by atoms with Gasteiger partial charge in [0, 0.05) is 11.6 Å². The maximum atomic E-state index is 14.9. The third kappa shape index (κ3) is 3.76. The van der Waals surface area contributed by atoms with Crippen LogP contribution in [-0.2, 0) is 19.1 Å². The van der Waals surface area contributed by atoms with Gasteiger partial charge in [-0.15, -0.1) is 0 Å². The van der Waals surface area contributed by atoms with Gasteiger partial charge in [0.1, 0.15) is 17.1 Å². The zero-order valence-electron chi connectivity index (χ0n) is 19.5. The van der Waals surface area contributed by atoms with E-state index in [0.29, 0.717) is 24.5 Å². The first-order valence-corrected chi connectivity index (χ1v) is 11.7. The summed E-state index contributed by atoms with van der Waals surface area (Å²) in [7, 11) is 0. The highest BCUT2D eigenvalue weighted by molar-refractivity contribution is 6.24. The summed E-state index contributed by atoms with van der Waals surface area (Å²) in [6, 6.07) is 11.9. The van der Waals surface area contributed by atoms with Crippen LogP contribution in [0.4, 0.5) is 10.1 Å². The zero-order chi connectivity index (χ0) is 24.5. The number of ether oxygens (including phenoxy) is 2. The van der Waals surface area contributed by atoms with E-state index in [1.165, 1.54) is 6.07 Å². The van der Waals surface area contributed by atoms with E-state index in [4.69, 9.17) is 9.47 Å². The minimum absolute atomic E-state index is 0.123. The molecule has 180 valence electrons. The lowest BCUT2D eigenvalue weighted by Gasteiger charge is -2.32. The molecule has 2 saturated heterocycles. The van der Waals surface area contributed by atoms with Crippen molar-refractivity contribution in [1.29, 1.82) is 0 Å². The van der Waals surface area contributed by atoms with Gasteiger partial charge in [-0.25, -0.2) is 9.29 Å². The number of nitrogens with one attached hydrogen (secondary N) is 1. The second-order valence-corrected chi connectivity index (χ2v) is 8.53. The average molecular weight is 469 g/mol. The number of anilines is 1. The van der Waals surface area contributed by atoms with E-state index < -0.39 is 47.0 Å². The van der Waals surface area contributed by atoms with Crippen molar-refractivity contribution in [2.45, 2.75) is 45.2 Å². The number of carbonyl (C=O) groups is 3. The van der Waals surface area contributed by atoms with Crippen molar-refractivity contribution >= 4 is 23.5 Å². The Morgan fingerprint density at radius 2 is 1.74 bits per heavy atom. The largest absolute Gasteiger partial charge is 0.494 e. The number of benzene rings is 2. The molecule has 2 heterocycles. The van der Waals surface area contributed by atoms with Crippen LogP contribution >= 0.6 is 0 Å². The van der Waals surface area contributed by atoms with Gasteiger partial charge in [0.15, 0.2) is 0 Å². The van der Waals surface area contributed by atoms with Gasteiger partial charge < -0.3 is 9.47 Å². The Morgan fingerprint density at radius 3 is 2.35 bits per heavy atom. The first-order chi connectivity index (χ1) is 16.4.